The third-order valence-corrected chi connectivity index (χ3v) is 3.75. The number of halogens is 3. The highest BCUT2D eigenvalue weighted by Crippen LogP contribution is 2.38. The maximum atomic E-state index is 12.2. The van der Waals surface area contributed by atoms with Crippen LogP contribution in [0, 0.1) is 5.92 Å². The second-order valence-electron chi connectivity index (χ2n) is 5.19. The highest BCUT2D eigenvalue weighted by molar-refractivity contribution is 5.41. The van der Waals surface area contributed by atoms with Crippen molar-refractivity contribution in [3.05, 3.63) is 23.8 Å². The lowest BCUT2D eigenvalue weighted by molar-refractivity contribution is -0.274. The molecule has 1 atom stereocenters. The molecule has 1 saturated carbocycles. The highest BCUT2D eigenvalue weighted by atomic mass is 19.4. The van der Waals surface area contributed by atoms with Gasteiger partial charge in [-0.2, -0.15) is 0 Å². The number of rotatable bonds is 3. The molecular formula is C14H18F3NO2. The van der Waals surface area contributed by atoms with Crippen LogP contribution in [0.1, 0.15) is 43.7 Å². The maximum absolute atomic E-state index is 12.2. The van der Waals surface area contributed by atoms with Crippen LogP contribution in [0.25, 0.3) is 0 Å². The number of ether oxygens (including phenoxy) is 1. The Morgan fingerprint density at radius 3 is 2.45 bits per heavy atom. The van der Waals surface area contributed by atoms with Crippen LogP contribution in [0.2, 0.25) is 0 Å². The summed E-state index contributed by atoms with van der Waals surface area (Å²) in [7, 11) is 0. The van der Waals surface area contributed by atoms with Gasteiger partial charge in [0.2, 0.25) is 0 Å². The molecule has 0 unspecified atom stereocenters. The van der Waals surface area contributed by atoms with Gasteiger partial charge in [0.25, 0.3) is 0 Å². The van der Waals surface area contributed by atoms with Crippen LogP contribution in [0.3, 0.4) is 0 Å². The van der Waals surface area contributed by atoms with Crippen molar-refractivity contribution < 1.29 is 23.0 Å². The molecule has 0 spiro atoms. The van der Waals surface area contributed by atoms with E-state index < -0.39 is 12.4 Å². The van der Waals surface area contributed by atoms with Crippen LogP contribution in [0.4, 0.5) is 13.2 Å². The maximum Gasteiger partial charge on any atom is 0.573 e. The first kappa shape index (κ1) is 15.0. The molecule has 1 aromatic rings. The van der Waals surface area contributed by atoms with Gasteiger partial charge in [-0.05, 0) is 37.0 Å². The molecule has 3 nitrogen and oxygen atoms in total. The lowest BCUT2D eigenvalue weighted by Crippen LogP contribution is -2.24. The summed E-state index contributed by atoms with van der Waals surface area (Å²) in [5, 5.41) is 9.82. The molecule has 1 aliphatic rings. The Morgan fingerprint density at radius 1 is 1.20 bits per heavy atom. The van der Waals surface area contributed by atoms with Gasteiger partial charge in [-0.3, -0.25) is 0 Å². The Balaban J connectivity index is 2.18. The van der Waals surface area contributed by atoms with Crippen molar-refractivity contribution in [2.45, 2.75) is 44.5 Å². The molecule has 0 bridgehead atoms. The number of benzene rings is 1. The molecule has 6 heteroatoms. The molecule has 2 rings (SSSR count). The Hall–Kier alpha value is -1.43. The molecule has 1 aliphatic carbocycles. The van der Waals surface area contributed by atoms with E-state index in [0.717, 1.165) is 38.2 Å². The van der Waals surface area contributed by atoms with Crippen LogP contribution in [-0.2, 0) is 0 Å². The second kappa shape index (κ2) is 5.91. The van der Waals surface area contributed by atoms with Crippen LogP contribution >= 0.6 is 0 Å². The number of aromatic hydroxyl groups is 1. The van der Waals surface area contributed by atoms with E-state index in [-0.39, 0.29) is 17.4 Å². The van der Waals surface area contributed by atoms with E-state index in [1.165, 1.54) is 12.1 Å². The van der Waals surface area contributed by atoms with Gasteiger partial charge in [0.15, 0.2) is 0 Å². The Bertz CT molecular complexity index is 456. The molecule has 0 aliphatic heterocycles. The van der Waals surface area contributed by atoms with E-state index in [1.807, 2.05) is 0 Å². The first-order valence-corrected chi connectivity index (χ1v) is 6.71. The Kier molecular flexibility index (Phi) is 4.42. The fraction of sp³-hybridized carbons (Fsp3) is 0.571. The average Bonchev–Trinajstić information content (AvgIpc) is 2.40. The molecule has 0 radical (unpaired) electrons. The Labute approximate surface area is 115 Å². The lowest BCUT2D eigenvalue weighted by atomic mass is 9.81. The van der Waals surface area contributed by atoms with E-state index in [4.69, 9.17) is 5.73 Å². The number of hydrogen-bond acceptors (Lipinski definition) is 3. The summed E-state index contributed by atoms with van der Waals surface area (Å²) in [5.74, 6) is -0.245. The zero-order valence-electron chi connectivity index (χ0n) is 11.0. The quantitative estimate of drug-likeness (QED) is 0.888. The minimum absolute atomic E-state index is 0.0856. The number of nitrogens with two attached hydrogens (primary N) is 1. The standard InChI is InChI=1S/C14H18F3NO2/c15-14(16,17)20-10-6-7-12(19)11(8-10)13(18)9-4-2-1-3-5-9/h6-9,13,19H,1-5,18H2/t13-/m0/s1. The summed E-state index contributed by atoms with van der Waals surface area (Å²) in [5.41, 5.74) is 6.42. The Morgan fingerprint density at radius 2 is 1.85 bits per heavy atom. The SMILES string of the molecule is N[C@H](c1cc(OC(F)(F)F)ccc1O)C1CCCCC1. The first-order valence-electron chi connectivity index (χ1n) is 6.71. The van der Waals surface area contributed by atoms with Crippen molar-refractivity contribution in [1.82, 2.24) is 0 Å². The normalized spacial score (nSPS) is 18.8. The molecule has 0 amide bonds. The molecule has 112 valence electrons. The smallest absolute Gasteiger partial charge is 0.508 e. The van der Waals surface area contributed by atoms with Crippen LogP contribution in [-0.4, -0.2) is 11.5 Å². The van der Waals surface area contributed by atoms with Gasteiger partial charge in [0.05, 0.1) is 0 Å². The number of phenolic OH excluding ortho intramolecular Hbond substituents is 1. The summed E-state index contributed by atoms with van der Waals surface area (Å²) in [6.45, 7) is 0. The van der Waals surface area contributed by atoms with Crippen LogP contribution in [0.5, 0.6) is 11.5 Å². The van der Waals surface area contributed by atoms with E-state index >= 15 is 0 Å². The first-order chi connectivity index (χ1) is 9.37. The zero-order chi connectivity index (χ0) is 14.8. The molecule has 0 heterocycles. The van der Waals surface area contributed by atoms with Gasteiger partial charge >= 0.3 is 6.36 Å². The van der Waals surface area contributed by atoms with Gasteiger partial charge in [-0.15, -0.1) is 13.2 Å². The van der Waals surface area contributed by atoms with E-state index in [9.17, 15) is 18.3 Å². The number of alkyl halides is 3. The minimum atomic E-state index is -4.75. The molecular weight excluding hydrogens is 271 g/mol. The fourth-order valence-corrected chi connectivity index (χ4v) is 2.74. The van der Waals surface area contributed by atoms with E-state index in [2.05, 4.69) is 4.74 Å². The van der Waals surface area contributed by atoms with Gasteiger partial charge in [0, 0.05) is 11.6 Å². The summed E-state index contributed by atoms with van der Waals surface area (Å²) in [4.78, 5) is 0. The van der Waals surface area contributed by atoms with Gasteiger partial charge < -0.3 is 15.6 Å². The van der Waals surface area contributed by atoms with Gasteiger partial charge in [-0.1, -0.05) is 19.3 Å². The van der Waals surface area contributed by atoms with Crippen LogP contribution in [0.15, 0.2) is 18.2 Å². The van der Waals surface area contributed by atoms with Crippen molar-refractivity contribution in [3.8, 4) is 11.5 Å². The molecule has 1 aromatic carbocycles. The van der Waals surface area contributed by atoms with Crippen molar-refractivity contribution in [3.63, 3.8) is 0 Å². The third kappa shape index (κ3) is 3.79. The summed E-state index contributed by atoms with van der Waals surface area (Å²) in [6.07, 6.45) is 0.418. The summed E-state index contributed by atoms with van der Waals surface area (Å²) in [6, 6.07) is 2.99. The summed E-state index contributed by atoms with van der Waals surface area (Å²) < 4.78 is 40.5. The lowest BCUT2D eigenvalue weighted by Gasteiger charge is -2.28. The van der Waals surface area contributed by atoms with E-state index in [1.54, 1.807) is 0 Å². The molecule has 0 aromatic heterocycles. The van der Waals surface area contributed by atoms with Crippen molar-refractivity contribution >= 4 is 0 Å². The number of hydrogen-bond donors (Lipinski definition) is 2. The minimum Gasteiger partial charge on any atom is -0.508 e. The average molecular weight is 289 g/mol. The van der Waals surface area contributed by atoms with E-state index in [0.29, 0.717) is 5.56 Å². The largest absolute Gasteiger partial charge is 0.573 e. The molecule has 0 saturated heterocycles. The fourth-order valence-electron chi connectivity index (χ4n) is 2.74. The van der Waals surface area contributed by atoms with Crippen molar-refractivity contribution in [2.24, 2.45) is 11.7 Å². The molecule has 20 heavy (non-hydrogen) atoms. The number of phenols is 1. The third-order valence-electron chi connectivity index (χ3n) is 3.75. The monoisotopic (exact) mass is 289 g/mol. The van der Waals surface area contributed by atoms with Gasteiger partial charge in [0.1, 0.15) is 11.5 Å². The zero-order valence-corrected chi connectivity index (χ0v) is 11.0. The predicted molar refractivity (Wildman–Crippen MR) is 68.3 cm³/mol. The predicted octanol–water partition coefficient (Wildman–Crippen LogP) is 3.87. The molecule has 1 fully saturated rings. The topological polar surface area (TPSA) is 55.5 Å². The highest BCUT2D eigenvalue weighted by Gasteiger charge is 2.32. The van der Waals surface area contributed by atoms with Crippen molar-refractivity contribution in [1.29, 1.82) is 0 Å². The second-order valence-corrected chi connectivity index (χ2v) is 5.19. The summed E-state index contributed by atoms with van der Waals surface area (Å²) >= 11 is 0. The van der Waals surface area contributed by atoms with Crippen LogP contribution < -0.4 is 10.5 Å². The van der Waals surface area contributed by atoms with Gasteiger partial charge in [-0.25, -0.2) is 0 Å². The van der Waals surface area contributed by atoms with Crippen molar-refractivity contribution in [2.75, 3.05) is 0 Å². The molecule has 3 N–H and O–H groups in total.